The number of hydrogen-bond donors (Lipinski definition) is 1. The van der Waals surface area contributed by atoms with Crippen molar-refractivity contribution in [3.05, 3.63) is 79.8 Å². The van der Waals surface area contributed by atoms with Crippen molar-refractivity contribution in [3.63, 3.8) is 0 Å². The number of carbonyl (C=O) groups excluding carboxylic acids is 1. The van der Waals surface area contributed by atoms with E-state index in [0.29, 0.717) is 32.2 Å². The third kappa shape index (κ3) is 3.99. The number of thiophene rings is 1. The van der Waals surface area contributed by atoms with Gasteiger partial charge in [0.15, 0.2) is 0 Å². The van der Waals surface area contributed by atoms with Crippen molar-refractivity contribution in [2.24, 2.45) is 7.05 Å². The number of ether oxygens (including phenoxy) is 1. The molecule has 158 valence electrons. The summed E-state index contributed by atoms with van der Waals surface area (Å²) in [7, 11) is 2.99. The van der Waals surface area contributed by atoms with Gasteiger partial charge in [-0.25, -0.2) is 4.79 Å². The van der Waals surface area contributed by atoms with Crippen LogP contribution in [0.4, 0.5) is 5.69 Å². The average Bonchev–Trinajstić information content (AvgIpc) is 3.22. The monoisotopic (exact) mass is 455 g/mol. The lowest BCUT2D eigenvalue weighted by Gasteiger charge is -2.11. The van der Waals surface area contributed by atoms with E-state index in [1.807, 2.05) is 17.5 Å². The van der Waals surface area contributed by atoms with Crippen molar-refractivity contribution in [3.8, 4) is 16.9 Å². The third-order valence-corrected chi connectivity index (χ3v) is 6.14. The van der Waals surface area contributed by atoms with E-state index in [0.717, 1.165) is 10.1 Å². The Morgan fingerprint density at radius 3 is 2.42 bits per heavy atom. The summed E-state index contributed by atoms with van der Waals surface area (Å²) in [5.41, 5.74) is 1.14. The summed E-state index contributed by atoms with van der Waals surface area (Å²) < 4.78 is 7.53. The van der Waals surface area contributed by atoms with Crippen LogP contribution in [0.5, 0.6) is 5.75 Å². The summed E-state index contributed by atoms with van der Waals surface area (Å²) in [4.78, 5) is 38.7. The van der Waals surface area contributed by atoms with E-state index >= 15 is 0 Å². The second-order valence-electron chi connectivity index (χ2n) is 6.85. The first kappa shape index (κ1) is 20.9. The van der Waals surface area contributed by atoms with Gasteiger partial charge >= 0.3 is 5.69 Å². The molecule has 0 unspecified atom stereocenters. The number of halogens is 1. The maximum Gasteiger partial charge on any atom is 0.332 e. The van der Waals surface area contributed by atoms with Crippen LogP contribution >= 0.6 is 22.9 Å². The average molecular weight is 456 g/mol. The van der Waals surface area contributed by atoms with Crippen LogP contribution in [0.3, 0.4) is 0 Å². The number of fused-ring (bicyclic) bond motifs is 1. The highest BCUT2D eigenvalue weighted by Gasteiger charge is 2.19. The summed E-state index contributed by atoms with van der Waals surface area (Å²) in [6.45, 7) is -0.228. The molecule has 2 aromatic carbocycles. The summed E-state index contributed by atoms with van der Waals surface area (Å²) >= 11 is 7.12. The largest absolute Gasteiger partial charge is 0.497 e. The van der Waals surface area contributed by atoms with Gasteiger partial charge in [-0.1, -0.05) is 23.7 Å². The standard InChI is InChI=1S/C22H18ClN3O4S/c1-25-20(28)19-17(13-3-9-16(30-2)10-4-13)12-31-21(19)26(22(25)29)11-18(27)24-15-7-5-14(23)6-8-15/h3-10,12H,11H2,1-2H3,(H,24,27). The predicted octanol–water partition coefficient (Wildman–Crippen LogP) is 3.73. The zero-order valence-electron chi connectivity index (χ0n) is 16.7. The van der Waals surface area contributed by atoms with Gasteiger partial charge in [0.1, 0.15) is 17.1 Å². The normalized spacial score (nSPS) is 10.9. The molecule has 1 N–H and O–H groups in total. The topological polar surface area (TPSA) is 82.3 Å². The molecule has 0 aliphatic carbocycles. The summed E-state index contributed by atoms with van der Waals surface area (Å²) in [5.74, 6) is 0.315. The first-order chi connectivity index (χ1) is 14.9. The number of amides is 1. The van der Waals surface area contributed by atoms with Crippen LogP contribution < -0.4 is 21.3 Å². The molecule has 2 aromatic heterocycles. The molecule has 2 heterocycles. The van der Waals surface area contributed by atoms with Crippen LogP contribution in [0.2, 0.25) is 5.02 Å². The molecule has 0 bridgehead atoms. The van der Waals surface area contributed by atoms with Crippen LogP contribution in [-0.2, 0) is 18.4 Å². The molecule has 1 amide bonds. The van der Waals surface area contributed by atoms with Crippen molar-refractivity contribution in [1.82, 2.24) is 9.13 Å². The van der Waals surface area contributed by atoms with Gasteiger partial charge in [0, 0.05) is 28.7 Å². The highest BCUT2D eigenvalue weighted by atomic mass is 35.5. The fourth-order valence-electron chi connectivity index (χ4n) is 3.28. The Kier molecular flexibility index (Phi) is 5.67. The molecular weight excluding hydrogens is 438 g/mol. The van der Waals surface area contributed by atoms with Gasteiger partial charge < -0.3 is 10.1 Å². The SMILES string of the molecule is COc1ccc(-c2csc3c2c(=O)n(C)c(=O)n3CC(=O)Nc2ccc(Cl)cc2)cc1. The van der Waals surface area contributed by atoms with Crippen LogP contribution in [0.1, 0.15) is 0 Å². The fraction of sp³-hybridized carbons (Fsp3) is 0.136. The van der Waals surface area contributed by atoms with Crippen LogP contribution in [0.25, 0.3) is 21.3 Å². The molecule has 0 saturated carbocycles. The Morgan fingerprint density at radius 1 is 1.10 bits per heavy atom. The smallest absolute Gasteiger partial charge is 0.332 e. The van der Waals surface area contributed by atoms with Crippen molar-refractivity contribution in [2.45, 2.75) is 6.54 Å². The highest BCUT2D eigenvalue weighted by molar-refractivity contribution is 7.17. The van der Waals surface area contributed by atoms with Crippen LogP contribution in [-0.4, -0.2) is 22.2 Å². The third-order valence-electron chi connectivity index (χ3n) is 4.88. The number of methoxy groups -OCH3 is 1. The zero-order chi connectivity index (χ0) is 22.1. The van der Waals surface area contributed by atoms with Crippen molar-refractivity contribution < 1.29 is 9.53 Å². The van der Waals surface area contributed by atoms with E-state index < -0.39 is 11.2 Å². The maximum absolute atomic E-state index is 12.9. The molecule has 4 aromatic rings. The number of hydrogen-bond acceptors (Lipinski definition) is 5. The molecule has 0 aliphatic rings. The van der Waals surface area contributed by atoms with Gasteiger partial charge in [-0.3, -0.25) is 18.7 Å². The molecule has 0 aliphatic heterocycles. The first-order valence-electron chi connectivity index (χ1n) is 9.30. The van der Waals surface area contributed by atoms with Gasteiger partial charge in [0.25, 0.3) is 5.56 Å². The lowest BCUT2D eigenvalue weighted by atomic mass is 10.1. The number of carbonyl (C=O) groups is 1. The number of rotatable bonds is 5. The molecule has 0 atom stereocenters. The number of aromatic nitrogens is 2. The van der Waals surface area contributed by atoms with E-state index in [1.165, 1.54) is 23.0 Å². The van der Waals surface area contributed by atoms with Crippen molar-refractivity contribution in [1.29, 1.82) is 0 Å². The predicted molar refractivity (Wildman–Crippen MR) is 123 cm³/mol. The van der Waals surface area contributed by atoms with Crippen molar-refractivity contribution in [2.75, 3.05) is 12.4 Å². The summed E-state index contributed by atoms with van der Waals surface area (Å²) in [6, 6.07) is 14.0. The lowest BCUT2D eigenvalue weighted by molar-refractivity contribution is -0.116. The minimum absolute atomic E-state index is 0.228. The van der Waals surface area contributed by atoms with Crippen LogP contribution in [0.15, 0.2) is 63.5 Å². The van der Waals surface area contributed by atoms with E-state index in [2.05, 4.69) is 5.32 Å². The Bertz CT molecular complexity index is 1390. The number of benzene rings is 2. The molecule has 0 radical (unpaired) electrons. The number of nitrogens with zero attached hydrogens (tertiary/aromatic N) is 2. The fourth-order valence-corrected chi connectivity index (χ4v) is 4.47. The minimum atomic E-state index is -0.549. The molecule has 31 heavy (non-hydrogen) atoms. The van der Waals surface area contributed by atoms with Gasteiger partial charge in [0.05, 0.1) is 12.5 Å². The second kappa shape index (κ2) is 8.41. The zero-order valence-corrected chi connectivity index (χ0v) is 18.3. The quantitative estimate of drug-likeness (QED) is 0.497. The van der Waals surface area contributed by atoms with Crippen molar-refractivity contribution >= 4 is 44.7 Å². The Balaban J connectivity index is 1.76. The maximum atomic E-state index is 12.9. The van der Waals surface area contributed by atoms with E-state index in [1.54, 1.807) is 43.5 Å². The highest BCUT2D eigenvalue weighted by Crippen LogP contribution is 2.32. The molecule has 0 fully saturated rings. The summed E-state index contributed by atoms with van der Waals surface area (Å²) in [5, 5.41) is 5.52. The lowest BCUT2D eigenvalue weighted by Crippen LogP contribution is -2.39. The molecular formula is C22H18ClN3O4S. The summed E-state index contributed by atoms with van der Waals surface area (Å²) in [6.07, 6.45) is 0. The Morgan fingerprint density at radius 2 is 1.77 bits per heavy atom. The van der Waals surface area contributed by atoms with E-state index in [4.69, 9.17) is 16.3 Å². The second-order valence-corrected chi connectivity index (χ2v) is 8.14. The molecule has 7 nitrogen and oxygen atoms in total. The van der Waals surface area contributed by atoms with Crippen LogP contribution in [0, 0.1) is 0 Å². The molecule has 4 rings (SSSR count). The van der Waals surface area contributed by atoms with Gasteiger partial charge in [-0.15, -0.1) is 11.3 Å². The van der Waals surface area contributed by atoms with Gasteiger partial charge in [-0.2, -0.15) is 0 Å². The van der Waals surface area contributed by atoms with E-state index in [-0.39, 0.29) is 12.5 Å². The molecule has 0 saturated heterocycles. The Hall–Kier alpha value is -3.36. The number of anilines is 1. The van der Waals surface area contributed by atoms with E-state index in [9.17, 15) is 14.4 Å². The van der Waals surface area contributed by atoms with Gasteiger partial charge in [0.2, 0.25) is 5.91 Å². The first-order valence-corrected chi connectivity index (χ1v) is 10.6. The Labute approximate surface area is 186 Å². The minimum Gasteiger partial charge on any atom is -0.497 e. The number of nitrogens with one attached hydrogen (secondary N) is 1. The molecule has 9 heteroatoms. The van der Waals surface area contributed by atoms with Gasteiger partial charge in [-0.05, 0) is 42.0 Å². The molecule has 0 spiro atoms.